The quantitative estimate of drug-likeness (QED) is 0.541. The van der Waals surface area contributed by atoms with Crippen molar-refractivity contribution in [2.45, 2.75) is 39.3 Å². The number of rotatable bonds is 3. The average Bonchev–Trinajstić information content (AvgIpc) is 3.44. The number of pyridine rings is 1. The summed E-state index contributed by atoms with van der Waals surface area (Å²) in [4.78, 5) is 27.1. The predicted molar refractivity (Wildman–Crippen MR) is 107 cm³/mol. The molecule has 0 radical (unpaired) electrons. The molecule has 1 aliphatic heterocycles. The fourth-order valence-electron chi connectivity index (χ4n) is 4.03. The van der Waals surface area contributed by atoms with Crippen molar-refractivity contribution < 1.29 is 14.3 Å². The standard InChI is InChI=1S/C21H22N6O3/c1-11-5-4-7-27-16(11)9-15(25-27)18-17-14(22-10-23-17)6-8-26(18)21(29)19-12(2)24-20(30-19)13(3)28/h4-5,7,9-10,13,18,28H,6,8H2,1-3H3,(H,22,23)/t13-,18?/m1/s1. The molecule has 2 atom stereocenters. The summed E-state index contributed by atoms with van der Waals surface area (Å²) in [5.41, 5.74) is 5.04. The van der Waals surface area contributed by atoms with E-state index in [4.69, 9.17) is 9.52 Å². The van der Waals surface area contributed by atoms with E-state index in [0.717, 1.165) is 28.2 Å². The first-order valence-electron chi connectivity index (χ1n) is 9.87. The van der Waals surface area contributed by atoms with Crippen molar-refractivity contribution in [3.8, 4) is 0 Å². The van der Waals surface area contributed by atoms with Gasteiger partial charge in [0.1, 0.15) is 12.1 Å². The molecule has 0 spiro atoms. The number of fused-ring (bicyclic) bond motifs is 2. The molecule has 0 fully saturated rings. The minimum atomic E-state index is -0.887. The molecule has 0 saturated carbocycles. The Kier molecular flexibility index (Phi) is 4.21. The first-order chi connectivity index (χ1) is 14.4. The average molecular weight is 406 g/mol. The Morgan fingerprint density at radius 3 is 2.97 bits per heavy atom. The second-order valence-corrected chi connectivity index (χ2v) is 7.65. The molecule has 1 unspecified atom stereocenters. The van der Waals surface area contributed by atoms with E-state index in [1.54, 1.807) is 25.1 Å². The third kappa shape index (κ3) is 2.81. The van der Waals surface area contributed by atoms with Gasteiger partial charge in [-0.1, -0.05) is 6.07 Å². The Morgan fingerprint density at radius 1 is 1.40 bits per heavy atom. The zero-order valence-electron chi connectivity index (χ0n) is 17.0. The second-order valence-electron chi connectivity index (χ2n) is 7.65. The van der Waals surface area contributed by atoms with Gasteiger partial charge >= 0.3 is 0 Å². The molecule has 9 heteroatoms. The van der Waals surface area contributed by atoms with E-state index in [0.29, 0.717) is 18.7 Å². The summed E-state index contributed by atoms with van der Waals surface area (Å²) >= 11 is 0. The van der Waals surface area contributed by atoms with Gasteiger partial charge in [0.05, 0.1) is 28.9 Å². The van der Waals surface area contributed by atoms with Gasteiger partial charge in [-0.05, 0) is 38.5 Å². The molecule has 0 aromatic carbocycles. The van der Waals surface area contributed by atoms with Crippen molar-refractivity contribution in [3.63, 3.8) is 0 Å². The Labute approximate surface area is 172 Å². The van der Waals surface area contributed by atoms with Gasteiger partial charge in [0, 0.05) is 24.9 Å². The van der Waals surface area contributed by atoms with Gasteiger partial charge in [-0.3, -0.25) is 4.79 Å². The molecule has 1 amide bonds. The van der Waals surface area contributed by atoms with E-state index >= 15 is 0 Å². The number of aryl methyl sites for hydroxylation is 2. The Bertz CT molecular complexity index is 1250. The topological polar surface area (TPSA) is 113 Å². The van der Waals surface area contributed by atoms with Crippen LogP contribution in [0, 0.1) is 13.8 Å². The zero-order chi connectivity index (χ0) is 21.0. The summed E-state index contributed by atoms with van der Waals surface area (Å²) < 4.78 is 7.44. The van der Waals surface area contributed by atoms with Crippen LogP contribution < -0.4 is 0 Å². The summed E-state index contributed by atoms with van der Waals surface area (Å²) in [6.45, 7) is 5.77. The fourth-order valence-corrected chi connectivity index (χ4v) is 4.03. The lowest BCUT2D eigenvalue weighted by atomic mass is 9.99. The molecule has 4 aromatic rings. The van der Waals surface area contributed by atoms with Gasteiger partial charge in [-0.25, -0.2) is 14.5 Å². The first-order valence-corrected chi connectivity index (χ1v) is 9.87. The first kappa shape index (κ1) is 18.6. The number of oxazole rings is 1. The van der Waals surface area contributed by atoms with E-state index in [-0.39, 0.29) is 17.6 Å². The second kappa shape index (κ2) is 6.81. The van der Waals surface area contributed by atoms with E-state index < -0.39 is 12.1 Å². The van der Waals surface area contributed by atoms with Crippen LogP contribution in [0.25, 0.3) is 5.52 Å². The summed E-state index contributed by atoms with van der Waals surface area (Å²) in [5.74, 6) is -0.0256. The van der Waals surface area contributed by atoms with Crippen LogP contribution in [0.5, 0.6) is 0 Å². The number of nitrogens with one attached hydrogen (secondary N) is 1. The third-order valence-corrected chi connectivity index (χ3v) is 5.56. The number of aromatic nitrogens is 5. The van der Waals surface area contributed by atoms with Gasteiger partial charge in [0.15, 0.2) is 0 Å². The smallest absolute Gasteiger partial charge is 0.292 e. The predicted octanol–water partition coefficient (Wildman–Crippen LogP) is 2.50. The maximum Gasteiger partial charge on any atom is 0.292 e. The number of aliphatic hydroxyl groups is 1. The molecule has 5 rings (SSSR count). The van der Waals surface area contributed by atoms with Gasteiger partial charge in [0.25, 0.3) is 5.91 Å². The van der Waals surface area contributed by atoms with Crippen molar-refractivity contribution in [1.29, 1.82) is 0 Å². The van der Waals surface area contributed by atoms with Crippen LogP contribution in [0.3, 0.4) is 0 Å². The Balaban J connectivity index is 1.62. The molecule has 30 heavy (non-hydrogen) atoms. The van der Waals surface area contributed by atoms with Gasteiger partial charge < -0.3 is 19.4 Å². The molecular weight excluding hydrogens is 384 g/mol. The van der Waals surface area contributed by atoms with E-state index in [2.05, 4.69) is 15.0 Å². The Morgan fingerprint density at radius 2 is 2.23 bits per heavy atom. The lowest BCUT2D eigenvalue weighted by molar-refractivity contribution is 0.0644. The monoisotopic (exact) mass is 406 g/mol. The molecule has 0 aliphatic carbocycles. The minimum Gasteiger partial charge on any atom is -0.432 e. The molecule has 154 valence electrons. The number of amides is 1. The Hall–Kier alpha value is -3.46. The maximum atomic E-state index is 13.5. The minimum absolute atomic E-state index is 0.133. The molecule has 0 saturated heterocycles. The van der Waals surface area contributed by atoms with E-state index in [9.17, 15) is 9.90 Å². The molecule has 0 bridgehead atoms. The van der Waals surface area contributed by atoms with Crippen LogP contribution in [-0.4, -0.2) is 47.0 Å². The summed E-state index contributed by atoms with van der Waals surface area (Å²) in [6.07, 6.45) is 3.31. The van der Waals surface area contributed by atoms with Crippen LogP contribution in [0.4, 0.5) is 0 Å². The van der Waals surface area contributed by atoms with Crippen molar-refractivity contribution in [2.75, 3.05) is 6.54 Å². The zero-order valence-corrected chi connectivity index (χ0v) is 17.0. The number of imidazole rings is 1. The molecule has 1 aliphatic rings. The number of nitrogens with zero attached hydrogens (tertiary/aromatic N) is 5. The number of H-pyrrole nitrogens is 1. The van der Waals surface area contributed by atoms with Crippen LogP contribution in [0.2, 0.25) is 0 Å². The van der Waals surface area contributed by atoms with Crippen molar-refractivity contribution >= 4 is 11.4 Å². The lowest BCUT2D eigenvalue weighted by Crippen LogP contribution is -2.41. The number of carbonyl (C=O) groups is 1. The summed E-state index contributed by atoms with van der Waals surface area (Å²) in [6, 6.07) is 5.52. The third-order valence-electron chi connectivity index (χ3n) is 5.56. The van der Waals surface area contributed by atoms with Crippen LogP contribution in [0.15, 0.2) is 35.1 Å². The number of aromatic amines is 1. The summed E-state index contributed by atoms with van der Waals surface area (Å²) in [7, 11) is 0. The van der Waals surface area contributed by atoms with E-state index in [1.165, 1.54) is 0 Å². The SMILES string of the molecule is Cc1nc([C@@H](C)O)oc1C(=O)N1CCc2[nH]cnc2C1c1cc2c(C)cccn2n1. The molecule has 9 nitrogen and oxygen atoms in total. The normalized spacial score (nSPS) is 17.3. The highest BCUT2D eigenvalue weighted by molar-refractivity contribution is 5.93. The number of aliphatic hydroxyl groups excluding tert-OH is 1. The number of carbonyl (C=O) groups excluding carboxylic acids is 1. The molecule has 2 N–H and O–H groups in total. The van der Waals surface area contributed by atoms with Crippen LogP contribution in [0.1, 0.15) is 63.9 Å². The van der Waals surface area contributed by atoms with Crippen LogP contribution in [-0.2, 0) is 6.42 Å². The molecular formula is C21H22N6O3. The lowest BCUT2D eigenvalue weighted by Gasteiger charge is -2.33. The number of hydrogen-bond acceptors (Lipinski definition) is 6. The number of hydrogen-bond donors (Lipinski definition) is 2. The van der Waals surface area contributed by atoms with Crippen LogP contribution >= 0.6 is 0 Å². The van der Waals surface area contributed by atoms with Crippen molar-refractivity contribution in [1.82, 2.24) is 29.5 Å². The van der Waals surface area contributed by atoms with Gasteiger partial charge in [-0.2, -0.15) is 5.10 Å². The fraction of sp³-hybridized carbons (Fsp3) is 0.333. The van der Waals surface area contributed by atoms with Gasteiger partial charge in [-0.15, -0.1) is 0 Å². The summed E-state index contributed by atoms with van der Waals surface area (Å²) in [5, 5.41) is 14.5. The largest absolute Gasteiger partial charge is 0.432 e. The highest BCUT2D eigenvalue weighted by atomic mass is 16.4. The molecule has 4 aromatic heterocycles. The van der Waals surface area contributed by atoms with Crippen molar-refractivity contribution in [2.24, 2.45) is 0 Å². The molecule has 5 heterocycles. The highest BCUT2D eigenvalue weighted by Crippen LogP contribution is 2.35. The highest BCUT2D eigenvalue weighted by Gasteiger charge is 2.38. The maximum absolute atomic E-state index is 13.5. The van der Waals surface area contributed by atoms with Gasteiger partial charge in [0.2, 0.25) is 11.7 Å². The van der Waals surface area contributed by atoms with E-state index in [1.807, 2.05) is 35.8 Å². The van der Waals surface area contributed by atoms with Crippen molar-refractivity contribution in [3.05, 3.63) is 70.7 Å².